The van der Waals surface area contributed by atoms with Gasteiger partial charge in [-0.15, -0.1) is 0 Å². The van der Waals surface area contributed by atoms with E-state index in [4.69, 9.17) is 0 Å². The Balaban J connectivity index is 2.26. The minimum Gasteiger partial charge on any atom is -0.300 e. The number of anilines is 2. The summed E-state index contributed by atoms with van der Waals surface area (Å²) < 4.78 is 119. The van der Waals surface area contributed by atoms with Crippen molar-refractivity contribution in [2.24, 2.45) is 0 Å². The number of H-pyrrole nitrogens is 1. The van der Waals surface area contributed by atoms with Crippen LogP contribution in [0.15, 0.2) is 34.4 Å². The molecule has 3 rings (SSSR count). The minimum absolute atomic E-state index is 0.0482. The van der Waals surface area contributed by atoms with Crippen molar-refractivity contribution in [3.8, 4) is 5.69 Å². The first-order valence-electron chi connectivity index (χ1n) is 8.37. The van der Waals surface area contributed by atoms with Crippen molar-refractivity contribution in [3.05, 3.63) is 67.8 Å². The molecular formula is C18H10F9N3OS. The van der Waals surface area contributed by atoms with Crippen LogP contribution in [0.5, 0.6) is 0 Å². The molecule has 0 atom stereocenters. The molecule has 0 bridgehead atoms. The normalized spacial score (nSPS) is 12.8. The summed E-state index contributed by atoms with van der Waals surface area (Å²) in [5.74, 6) is -0.854. The lowest BCUT2D eigenvalue weighted by molar-refractivity contribution is -0.416. The molecular weight excluding hydrogens is 477 g/mol. The first-order valence-corrected chi connectivity index (χ1v) is 9.25. The van der Waals surface area contributed by atoms with Crippen LogP contribution in [0.3, 0.4) is 0 Å². The standard InChI is InChI=1S/C18H9F9N3OS/c1-8-6-32-7-12(8)30-14(31)5-13(18(25,26)27)29-15(30)28-11-3-2-9(16(19,20)21)4-10(11)17(22,23)24/h2-6H,1H3,(H,28,29)/q-1/p+1. The van der Waals surface area contributed by atoms with Crippen LogP contribution < -0.4 is 15.9 Å². The first kappa shape index (κ1) is 23.6. The van der Waals surface area contributed by atoms with Crippen LogP contribution in [0.4, 0.5) is 51.1 Å². The van der Waals surface area contributed by atoms with Gasteiger partial charge in [-0.2, -0.15) is 55.0 Å². The first-order chi connectivity index (χ1) is 14.6. The highest BCUT2D eigenvalue weighted by Crippen LogP contribution is 2.40. The monoisotopic (exact) mass is 487 g/mol. The molecule has 0 unspecified atom stereocenters. The van der Waals surface area contributed by atoms with E-state index in [0.717, 1.165) is 11.3 Å². The van der Waals surface area contributed by atoms with E-state index >= 15 is 0 Å². The van der Waals surface area contributed by atoms with Gasteiger partial charge >= 0.3 is 30.0 Å². The second-order valence-corrected chi connectivity index (χ2v) is 7.13. The van der Waals surface area contributed by atoms with Gasteiger partial charge in [0.05, 0.1) is 17.2 Å². The Hall–Kier alpha value is -3.03. The lowest BCUT2D eigenvalue weighted by atomic mass is 10.1. The molecule has 2 N–H and O–H groups in total. The van der Waals surface area contributed by atoms with Crippen molar-refractivity contribution >= 4 is 23.0 Å². The number of hydrogen-bond acceptors (Lipinski definition) is 3. The molecule has 1 aromatic carbocycles. The molecule has 4 nitrogen and oxygen atoms in total. The van der Waals surface area contributed by atoms with E-state index in [-0.39, 0.29) is 17.8 Å². The van der Waals surface area contributed by atoms with E-state index in [9.17, 15) is 44.3 Å². The van der Waals surface area contributed by atoms with Crippen LogP contribution in [0.25, 0.3) is 5.69 Å². The second kappa shape index (κ2) is 7.83. The molecule has 172 valence electrons. The maximum atomic E-state index is 13.4. The predicted molar refractivity (Wildman–Crippen MR) is 94.8 cm³/mol. The van der Waals surface area contributed by atoms with Crippen LogP contribution in [0.1, 0.15) is 22.4 Å². The number of benzene rings is 1. The Morgan fingerprint density at radius 2 is 1.62 bits per heavy atom. The van der Waals surface area contributed by atoms with E-state index in [1.165, 1.54) is 12.3 Å². The largest absolute Gasteiger partial charge is 0.446 e. The topological polar surface area (TPSA) is 48.2 Å². The molecule has 2 aromatic heterocycles. The number of halogens is 9. The summed E-state index contributed by atoms with van der Waals surface area (Å²) in [6, 6.07) is 0.766. The number of rotatable bonds is 3. The third-order valence-electron chi connectivity index (χ3n) is 4.16. The highest BCUT2D eigenvalue weighted by Gasteiger charge is 2.40. The lowest BCUT2D eigenvalue weighted by Gasteiger charge is -2.16. The Morgan fingerprint density at radius 3 is 2.12 bits per heavy atom. The van der Waals surface area contributed by atoms with Crippen LogP contribution in [-0.4, -0.2) is 4.57 Å². The van der Waals surface area contributed by atoms with Gasteiger partial charge < -0.3 is 0 Å². The second-order valence-electron chi connectivity index (χ2n) is 6.45. The molecule has 32 heavy (non-hydrogen) atoms. The van der Waals surface area contributed by atoms with Crippen LogP contribution in [0.2, 0.25) is 0 Å². The molecule has 0 aliphatic carbocycles. The SMILES string of the molecule is Cc1cs[c-]c1-n1c(Nc2ccc(C(F)(F)F)cc2C(F)(F)F)[nH+]c(C(F)(F)F)cc1=O. The van der Waals surface area contributed by atoms with Crippen molar-refractivity contribution in [1.29, 1.82) is 0 Å². The van der Waals surface area contributed by atoms with Gasteiger partial charge in [0.2, 0.25) is 0 Å². The fraction of sp³-hybridized carbons (Fsp3) is 0.222. The summed E-state index contributed by atoms with van der Waals surface area (Å²) >= 11 is 0.953. The number of alkyl halides is 9. The average Bonchev–Trinajstić information content (AvgIpc) is 3.04. The zero-order valence-electron chi connectivity index (χ0n) is 15.6. The molecule has 0 radical (unpaired) electrons. The van der Waals surface area contributed by atoms with Gasteiger partial charge in [0.25, 0.3) is 0 Å². The predicted octanol–water partition coefficient (Wildman–Crippen LogP) is 5.62. The van der Waals surface area contributed by atoms with Crippen molar-refractivity contribution in [1.82, 2.24) is 4.57 Å². The van der Waals surface area contributed by atoms with Crippen molar-refractivity contribution in [2.45, 2.75) is 25.5 Å². The van der Waals surface area contributed by atoms with E-state index in [1.54, 1.807) is 4.98 Å². The molecule has 0 amide bonds. The van der Waals surface area contributed by atoms with Gasteiger partial charge in [-0.25, -0.2) is 10.3 Å². The maximum absolute atomic E-state index is 13.4. The molecule has 0 aliphatic rings. The number of aromatic amines is 1. The smallest absolute Gasteiger partial charge is 0.300 e. The van der Waals surface area contributed by atoms with Gasteiger partial charge in [-0.1, -0.05) is 12.3 Å². The van der Waals surface area contributed by atoms with Crippen molar-refractivity contribution in [3.63, 3.8) is 0 Å². The van der Waals surface area contributed by atoms with Gasteiger partial charge in [0.15, 0.2) is 5.69 Å². The number of hydrogen-bond donors (Lipinski definition) is 1. The summed E-state index contributed by atoms with van der Waals surface area (Å²) in [4.78, 5) is 14.2. The summed E-state index contributed by atoms with van der Waals surface area (Å²) in [6.07, 6.45) is -15.4. The number of aryl methyl sites for hydroxylation is 1. The highest BCUT2D eigenvalue weighted by molar-refractivity contribution is 7.07. The summed E-state index contributed by atoms with van der Waals surface area (Å²) in [7, 11) is 0. The van der Waals surface area contributed by atoms with Crippen molar-refractivity contribution in [2.75, 3.05) is 5.32 Å². The fourth-order valence-corrected chi connectivity index (χ4v) is 3.41. The molecule has 0 spiro atoms. The molecule has 2 heterocycles. The number of thiophene rings is 1. The summed E-state index contributed by atoms with van der Waals surface area (Å²) in [5, 5.41) is 6.10. The van der Waals surface area contributed by atoms with E-state index in [0.29, 0.717) is 22.3 Å². The zero-order chi connectivity index (χ0) is 24.1. The van der Waals surface area contributed by atoms with E-state index < -0.39 is 52.5 Å². The van der Waals surface area contributed by atoms with E-state index in [1.807, 2.05) is 5.32 Å². The quantitative estimate of drug-likeness (QED) is 0.385. The van der Waals surface area contributed by atoms with Gasteiger partial charge in [-0.3, -0.25) is 16.1 Å². The molecule has 0 fully saturated rings. The van der Waals surface area contributed by atoms with Crippen molar-refractivity contribution < 1.29 is 44.5 Å². The highest BCUT2D eigenvalue weighted by atomic mass is 32.1. The summed E-state index contributed by atoms with van der Waals surface area (Å²) in [5.41, 5.74) is -6.90. The number of nitrogens with zero attached hydrogens (tertiary/aromatic N) is 1. The maximum Gasteiger partial charge on any atom is 0.446 e. The lowest BCUT2D eigenvalue weighted by Crippen LogP contribution is -2.35. The Morgan fingerprint density at radius 1 is 0.969 bits per heavy atom. The third kappa shape index (κ3) is 4.74. The molecule has 14 heteroatoms. The van der Waals surface area contributed by atoms with E-state index in [2.05, 4.69) is 5.38 Å². The van der Waals surface area contributed by atoms with Gasteiger partial charge in [0.1, 0.15) is 5.69 Å². The number of aromatic nitrogens is 2. The molecule has 0 saturated heterocycles. The van der Waals surface area contributed by atoms with Crippen LogP contribution in [-0.2, 0) is 18.5 Å². The van der Waals surface area contributed by atoms with Crippen LogP contribution >= 0.6 is 11.3 Å². The van der Waals surface area contributed by atoms with Crippen LogP contribution in [0, 0.1) is 12.3 Å². The zero-order valence-corrected chi connectivity index (χ0v) is 16.4. The molecule has 3 aromatic rings. The van der Waals surface area contributed by atoms with Gasteiger partial charge in [-0.05, 0) is 18.2 Å². The fourth-order valence-electron chi connectivity index (χ4n) is 2.70. The Kier molecular flexibility index (Phi) is 5.78. The molecule has 0 aliphatic heterocycles. The Labute approximate surface area is 176 Å². The summed E-state index contributed by atoms with van der Waals surface area (Å²) in [6.45, 7) is 1.48. The molecule has 0 saturated carbocycles. The van der Waals surface area contributed by atoms with Gasteiger partial charge in [0, 0.05) is 5.69 Å². The minimum atomic E-state index is -5.29. The number of nitrogens with one attached hydrogen (secondary N) is 2. The third-order valence-corrected chi connectivity index (χ3v) is 4.95. The Bertz CT molecular complexity index is 1210. The average molecular weight is 487 g/mol.